The van der Waals surface area contributed by atoms with E-state index in [2.05, 4.69) is 39.8 Å². The first-order chi connectivity index (χ1) is 17.0. The molecule has 0 spiro atoms. The molecule has 1 unspecified atom stereocenters. The molecule has 3 aromatic carbocycles. The van der Waals surface area contributed by atoms with Crippen molar-refractivity contribution in [1.29, 1.82) is 0 Å². The third-order valence-corrected chi connectivity index (χ3v) is 7.39. The molecule has 5 heteroatoms. The van der Waals surface area contributed by atoms with Crippen LogP contribution in [0.1, 0.15) is 91.7 Å². The molecule has 0 radical (unpaired) electrons. The fourth-order valence-corrected chi connectivity index (χ4v) is 5.05. The van der Waals surface area contributed by atoms with E-state index in [-0.39, 0.29) is 28.8 Å². The van der Waals surface area contributed by atoms with E-state index in [1.165, 1.54) is 17.2 Å². The number of carboxylic acid groups (broad SMARTS) is 1. The van der Waals surface area contributed by atoms with Crippen LogP contribution in [0.3, 0.4) is 0 Å². The standard InChI is InChI=1S/C31H35FO4/c1-6-35-27-18-25-24(30(2,3)15-16-31(25,4)5)17-23(27)28(20-11-13-21(14-12-20)29(33)34)36-19-22-9-7-8-10-26(22)32/h7-14,17-18,28H,6,15-16,19H2,1-5H3,(H,33,34). The Morgan fingerprint density at radius 1 is 0.972 bits per heavy atom. The Morgan fingerprint density at radius 2 is 1.58 bits per heavy atom. The molecule has 3 aromatic rings. The van der Waals surface area contributed by atoms with Gasteiger partial charge in [0, 0.05) is 11.1 Å². The summed E-state index contributed by atoms with van der Waals surface area (Å²) >= 11 is 0. The number of carbonyl (C=O) groups is 1. The molecular formula is C31H35FO4. The smallest absolute Gasteiger partial charge is 0.335 e. The van der Waals surface area contributed by atoms with Crippen molar-refractivity contribution in [2.45, 2.75) is 71.0 Å². The van der Waals surface area contributed by atoms with Crippen molar-refractivity contribution in [2.75, 3.05) is 6.61 Å². The quantitative estimate of drug-likeness (QED) is 0.354. The molecule has 4 rings (SSSR count). The Labute approximate surface area is 213 Å². The van der Waals surface area contributed by atoms with Gasteiger partial charge in [-0.15, -0.1) is 0 Å². The lowest BCUT2D eigenvalue weighted by molar-refractivity contribution is 0.0624. The molecule has 1 atom stereocenters. The van der Waals surface area contributed by atoms with Crippen LogP contribution in [0, 0.1) is 5.82 Å². The fraction of sp³-hybridized carbons (Fsp3) is 0.387. The lowest BCUT2D eigenvalue weighted by atomic mass is 9.62. The van der Waals surface area contributed by atoms with Crippen LogP contribution in [0.2, 0.25) is 0 Å². The molecule has 1 aliphatic carbocycles. The van der Waals surface area contributed by atoms with Crippen LogP contribution in [-0.2, 0) is 22.2 Å². The predicted octanol–water partition coefficient (Wildman–Crippen LogP) is 7.58. The molecule has 190 valence electrons. The van der Waals surface area contributed by atoms with Gasteiger partial charge < -0.3 is 14.6 Å². The van der Waals surface area contributed by atoms with Gasteiger partial charge in [0.05, 0.1) is 18.8 Å². The zero-order valence-corrected chi connectivity index (χ0v) is 21.7. The maximum absolute atomic E-state index is 14.4. The molecule has 0 aromatic heterocycles. The highest BCUT2D eigenvalue weighted by Crippen LogP contribution is 2.49. The van der Waals surface area contributed by atoms with Crippen LogP contribution in [0.5, 0.6) is 5.75 Å². The van der Waals surface area contributed by atoms with Gasteiger partial charge in [-0.25, -0.2) is 9.18 Å². The van der Waals surface area contributed by atoms with Crippen LogP contribution in [0.25, 0.3) is 0 Å². The minimum atomic E-state index is -0.988. The summed E-state index contributed by atoms with van der Waals surface area (Å²) in [7, 11) is 0. The van der Waals surface area contributed by atoms with E-state index in [0.29, 0.717) is 12.2 Å². The summed E-state index contributed by atoms with van der Waals surface area (Å²) in [5.74, 6) is -0.572. The number of rotatable bonds is 8. The first kappa shape index (κ1) is 25.9. The number of carboxylic acids is 1. The Kier molecular flexibility index (Phi) is 7.24. The van der Waals surface area contributed by atoms with Crippen LogP contribution in [0.15, 0.2) is 60.7 Å². The molecule has 0 saturated carbocycles. The molecule has 1 aliphatic rings. The molecule has 0 fully saturated rings. The second-order valence-corrected chi connectivity index (χ2v) is 10.8. The van der Waals surface area contributed by atoms with Crippen LogP contribution < -0.4 is 4.74 Å². The third kappa shape index (κ3) is 5.17. The van der Waals surface area contributed by atoms with Crippen molar-refractivity contribution < 1.29 is 23.8 Å². The predicted molar refractivity (Wildman–Crippen MR) is 139 cm³/mol. The van der Waals surface area contributed by atoms with Gasteiger partial charge in [0.2, 0.25) is 0 Å². The van der Waals surface area contributed by atoms with Crippen molar-refractivity contribution in [3.8, 4) is 5.75 Å². The van der Waals surface area contributed by atoms with Gasteiger partial charge in [-0.2, -0.15) is 0 Å². The van der Waals surface area contributed by atoms with Crippen LogP contribution in [0.4, 0.5) is 4.39 Å². The Hall–Kier alpha value is -3.18. The normalized spacial score (nSPS) is 16.7. The van der Waals surface area contributed by atoms with Gasteiger partial charge in [0.25, 0.3) is 0 Å². The molecule has 0 heterocycles. The lowest BCUT2D eigenvalue weighted by Gasteiger charge is -2.42. The molecule has 4 nitrogen and oxygen atoms in total. The average molecular weight is 491 g/mol. The summed E-state index contributed by atoms with van der Waals surface area (Å²) in [5.41, 5.74) is 4.84. The lowest BCUT2D eigenvalue weighted by Crippen LogP contribution is -2.34. The third-order valence-electron chi connectivity index (χ3n) is 7.39. The SMILES string of the molecule is CCOc1cc2c(cc1C(OCc1ccccc1F)c1ccc(C(=O)O)cc1)C(C)(C)CCC2(C)C. The number of ether oxygens (including phenoxy) is 2. The van der Waals surface area contributed by atoms with Crippen LogP contribution >= 0.6 is 0 Å². The van der Waals surface area contributed by atoms with Crippen molar-refractivity contribution in [3.05, 3.63) is 99.9 Å². The van der Waals surface area contributed by atoms with E-state index in [0.717, 1.165) is 29.7 Å². The van der Waals surface area contributed by atoms with E-state index in [1.54, 1.807) is 42.5 Å². The van der Waals surface area contributed by atoms with Gasteiger partial charge in [0.15, 0.2) is 0 Å². The van der Waals surface area contributed by atoms with E-state index < -0.39 is 12.1 Å². The number of aromatic carboxylic acids is 1. The van der Waals surface area contributed by atoms with Gasteiger partial charge in [0.1, 0.15) is 17.7 Å². The summed E-state index contributed by atoms with van der Waals surface area (Å²) in [6, 6.07) is 17.6. The van der Waals surface area contributed by atoms with Crippen molar-refractivity contribution in [3.63, 3.8) is 0 Å². The molecule has 0 saturated heterocycles. The zero-order chi connectivity index (χ0) is 26.1. The number of halogens is 1. The van der Waals surface area contributed by atoms with Gasteiger partial charge in [-0.05, 0) is 77.6 Å². The number of hydrogen-bond acceptors (Lipinski definition) is 3. The van der Waals surface area contributed by atoms with Crippen molar-refractivity contribution in [2.24, 2.45) is 0 Å². The number of fused-ring (bicyclic) bond motifs is 1. The van der Waals surface area contributed by atoms with Gasteiger partial charge in [-0.3, -0.25) is 0 Å². The highest BCUT2D eigenvalue weighted by Gasteiger charge is 2.39. The summed E-state index contributed by atoms with van der Waals surface area (Å²) in [5, 5.41) is 9.37. The fourth-order valence-electron chi connectivity index (χ4n) is 5.05. The minimum Gasteiger partial charge on any atom is -0.493 e. The molecule has 0 aliphatic heterocycles. The number of benzene rings is 3. The molecule has 1 N–H and O–H groups in total. The molecule has 0 bridgehead atoms. The highest BCUT2D eigenvalue weighted by atomic mass is 19.1. The maximum atomic E-state index is 14.4. The first-order valence-corrected chi connectivity index (χ1v) is 12.5. The Bertz CT molecular complexity index is 1240. The van der Waals surface area contributed by atoms with Crippen molar-refractivity contribution >= 4 is 5.97 Å². The van der Waals surface area contributed by atoms with E-state index in [1.807, 2.05) is 6.92 Å². The maximum Gasteiger partial charge on any atom is 0.335 e. The van der Waals surface area contributed by atoms with Crippen molar-refractivity contribution in [1.82, 2.24) is 0 Å². The van der Waals surface area contributed by atoms with Gasteiger partial charge >= 0.3 is 5.97 Å². The average Bonchev–Trinajstić information content (AvgIpc) is 2.84. The largest absolute Gasteiger partial charge is 0.493 e. The van der Waals surface area contributed by atoms with E-state index >= 15 is 0 Å². The second kappa shape index (κ2) is 10.1. The monoisotopic (exact) mass is 490 g/mol. The zero-order valence-electron chi connectivity index (χ0n) is 21.7. The summed E-state index contributed by atoms with van der Waals surface area (Å²) in [6.45, 7) is 11.6. The first-order valence-electron chi connectivity index (χ1n) is 12.5. The Balaban J connectivity index is 1.86. The summed E-state index contributed by atoms with van der Waals surface area (Å²) < 4.78 is 27.0. The summed E-state index contributed by atoms with van der Waals surface area (Å²) in [4.78, 5) is 11.4. The van der Waals surface area contributed by atoms with Crippen LogP contribution in [-0.4, -0.2) is 17.7 Å². The Morgan fingerprint density at radius 3 is 2.17 bits per heavy atom. The van der Waals surface area contributed by atoms with E-state index in [9.17, 15) is 14.3 Å². The topological polar surface area (TPSA) is 55.8 Å². The molecule has 36 heavy (non-hydrogen) atoms. The molecule has 0 amide bonds. The van der Waals surface area contributed by atoms with Gasteiger partial charge in [-0.1, -0.05) is 58.0 Å². The van der Waals surface area contributed by atoms with E-state index in [4.69, 9.17) is 9.47 Å². The second-order valence-electron chi connectivity index (χ2n) is 10.8. The highest BCUT2D eigenvalue weighted by molar-refractivity contribution is 5.87. The molecular weight excluding hydrogens is 455 g/mol. The summed E-state index contributed by atoms with van der Waals surface area (Å²) in [6.07, 6.45) is 1.58. The minimum absolute atomic E-state index is 0.0158. The number of hydrogen-bond donors (Lipinski definition) is 1.